The fraction of sp³-hybridized carbons (Fsp3) is 0.105. The lowest BCUT2D eigenvalue weighted by molar-refractivity contribution is 0.0696. The number of ether oxygens (including phenoxy) is 1. The molecule has 3 aromatic rings. The van der Waals surface area contributed by atoms with E-state index in [2.05, 4.69) is 0 Å². The van der Waals surface area contributed by atoms with Crippen molar-refractivity contribution < 1.29 is 14.6 Å². The van der Waals surface area contributed by atoms with E-state index in [0.29, 0.717) is 11.3 Å². The minimum absolute atomic E-state index is 0.298. The summed E-state index contributed by atoms with van der Waals surface area (Å²) < 4.78 is 7.24. The van der Waals surface area contributed by atoms with Crippen LogP contribution >= 0.6 is 0 Å². The predicted molar refractivity (Wildman–Crippen MR) is 89.5 cm³/mol. The smallest absolute Gasteiger partial charge is 0.337 e. The monoisotopic (exact) mass is 307 g/mol. The lowest BCUT2D eigenvalue weighted by Crippen LogP contribution is -2.02. The highest BCUT2D eigenvalue weighted by atomic mass is 16.5. The fourth-order valence-electron chi connectivity index (χ4n) is 2.73. The summed E-state index contributed by atoms with van der Waals surface area (Å²) in [6.07, 6.45) is 0. The number of hydrogen-bond acceptors (Lipinski definition) is 2. The van der Waals surface area contributed by atoms with Gasteiger partial charge >= 0.3 is 5.97 Å². The zero-order valence-corrected chi connectivity index (χ0v) is 13.0. The number of nitrogens with zero attached hydrogens (tertiary/aromatic N) is 1. The van der Waals surface area contributed by atoms with Crippen LogP contribution in [0.25, 0.3) is 16.9 Å². The first-order valence-corrected chi connectivity index (χ1v) is 7.27. The van der Waals surface area contributed by atoms with Gasteiger partial charge in [0.2, 0.25) is 0 Å². The molecular weight excluding hydrogens is 290 g/mol. The molecule has 4 nitrogen and oxygen atoms in total. The van der Waals surface area contributed by atoms with E-state index in [9.17, 15) is 9.90 Å². The molecule has 0 radical (unpaired) electrons. The van der Waals surface area contributed by atoms with Gasteiger partial charge in [-0.05, 0) is 37.3 Å². The molecule has 0 saturated heterocycles. The molecule has 0 saturated carbocycles. The summed E-state index contributed by atoms with van der Waals surface area (Å²) in [5, 5.41) is 9.46. The molecule has 4 heteroatoms. The Labute approximate surface area is 134 Å². The van der Waals surface area contributed by atoms with E-state index >= 15 is 0 Å². The van der Waals surface area contributed by atoms with Crippen molar-refractivity contribution in [3.8, 4) is 22.7 Å². The maximum atomic E-state index is 11.5. The molecule has 0 aliphatic rings. The number of benzene rings is 2. The maximum absolute atomic E-state index is 11.5. The summed E-state index contributed by atoms with van der Waals surface area (Å²) in [6, 6.07) is 19.0. The third-order valence-corrected chi connectivity index (χ3v) is 3.86. The third-order valence-electron chi connectivity index (χ3n) is 3.86. The Hall–Kier alpha value is -3.01. The molecule has 0 aliphatic carbocycles. The van der Waals surface area contributed by atoms with E-state index in [4.69, 9.17) is 4.74 Å². The third kappa shape index (κ3) is 2.71. The number of para-hydroxylation sites is 1. The second-order valence-electron chi connectivity index (χ2n) is 5.24. The minimum atomic E-state index is -0.929. The van der Waals surface area contributed by atoms with Crippen LogP contribution in [0.2, 0.25) is 0 Å². The number of aromatic nitrogens is 1. The van der Waals surface area contributed by atoms with Gasteiger partial charge in [-0.25, -0.2) is 4.79 Å². The Balaban J connectivity index is 2.27. The molecule has 0 bridgehead atoms. The second kappa shape index (κ2) is 6.01. The van der Waals surface area contributed by atoms with Crippen molar-refractivity contribution >= 4 is 5.97 Å². The van der Waals surface area contributed by atoms with Crippen molar-refractivity contribution in [2.75, 3.05) is 7.11 Å². The van der Waals surface area contributed by atoms with Crippen LogP contribution in [0.5, 0.6) is 5.75 Å². The Morgan fingerprint density at radius 2 is 1.78 bits per heavy atom. The molecule has 0 fully saturated rings. The van der Waals surface area contributed by atoms with E-state index < -0.39 is 5.97 Å². The number of carboxylic acids is 1. The van der Waals surface area contributed by atoms with Crippen molar-refractivity contribution in [2.24, 2.45) is 0 Å². The zero-order valence-electron chi connectivity index (χ0n) is 13.0. The van der Waals surface area contributed by atoms with Crippen molar-refractivity contribution in [2.45, 2.75) is 6.92 Å². The number of methoxy groups -OCH3 is 1. The van der Waals surface area contributed by atoms with Crippen LogP contribution in [-0.4, -0.2) is 22.8 Å². The topological polar surface area (TPSA) is 51.5 Å². The summed E-state index contributed by atoms with van der Waals surface area (Å²) in [4.78, 5) is 11.5. The van der Waals surface area contributed by atoms with Crippen LogP contribution in [0.1, 0.15) is 16.1 Å². The van der Waals surface area contributed by atoms with E-state index in [-0.39, 0.29) is 0 Å². The summed E-state index contributed by atoms with van der Waals surface area (Å²) in [6.45, 7) is 1.82. The summed E-state index contributed by atoms with van der Waals surface area (Å²) in [7, 11) is 1.61. The van der Waals surface area contributed by atoms with Gasteiger partial charge < -0.3 is 14.4 Å². The Bertz CT molecular complexity index is 850. The molecular formula is C19H17NO3. The zero-order chi connectivity index (χ0) is 16.4. The molecule has 1 aromatic heterocycles. The standard InChI is InChI=1S/C19H17NO3/c1-13-17(19(21)22)12-18(14-7-6-10-16(11-14)23-2)20(13)15-8-4-3-5-9-15/h3-12H,1-2H3,(H,21,22). The highest BCUT2D eigenvalue weighted by Crippen LogP contribution is 2.31. The maximum Gasteiger partial charge on any atom is 0.337 e. The van der Waals surface area contributed by atoms with Gasteiger partial charge in [-0.15, -0.1) is 0 Å². The second-order valence-corrected chi connectivity index (χ2v) is 5.24. The van der Waals surface area contributed by atoms with Gasteiger partial charge in [-0.3, -0.25) is 0 Å². The Morgan fingerprint density at radius 1 is 1.04 bits per heavy atom. The molecule has 0 atom stereocenters. The molecule has 23 heavy (non-hydrogen) atoms. The SMILES string of the molecule is COc1cccc(-c2cc(C(=O)O)c(C)n2-c2ccccc2)c1. The number of carbonyl (C=O) groups is 1. The van der Waals surface area contributed by atoms with Gasteiger partial charge in [0.05, 0.1) is 18.4 Å². The molecule has 1 heterocycles. The number of rotatable bonds is 4. The summed E-state index contributed by atoms with van der Waals surface area (Å²) in [5.41, 5.74) is 3.65. The van der Waals surface area contributed by atoms with Crippen LogP contribution in [0.15, 0.2) is 60.7 Å². The normalized spacial score (nSPS) is 10.5. The van der Waals surface area contributed by atoms with Gasteiger partial charge in [0.15, 0.2) is 0 Å². The summed E-state index contributed by atoms with van der Waals surface area (Å²) >= 11 is 0. The van der Waals surface area contributed by atoms with Crippen LogP contribution in [0, 0.1) is 6.92 Å². The highest BCUT2D eigenvalue weighted by molar-refractivity contribution is 5.91. The Morgan fingerprint density at radius 3 is 2.43 bits per heavy atom. The predicted octanol–water partition coefficient (Wildman–Crippen LogP) is 4.16. The van der Waals surface area contributed by atoms with Crippen LogP contribution in [0.3, 0.4) is 0 Å². The van der Waals surface area contributed by atoms with E-state index in [0.717, 1.165) is 22.7 Å². The average molecular weight is 307 g/mol. The largest absolute Gasteiger partial charge is 0.497 e. The van der Waals surface area contributed by atoms with Crippen LogP contribution in [0.4, 0.5) is 0 Å². The number of carboxylic acid groups (broad SMARTS) is 1. The van der Waals surface area contributed by atoms with E-state index in [1.165, 1.54) is 0 Å². The highest BCUT2D eigenvalue weighted by Gasteiger charge is 2.19. The first kappa shape index (κ1) is 14.9. The van der Waals surface area contributed by atoms with Crippen LogP contribution in [-0.2, 0) is 0 Å². The molecule has 0 spiro atoms. The number of hydrogen-bond donors (Lipinski definition) is 1. The van der Waals surface area contributed by atoms with Gasteiger partial charge in [0.1, 0.15) is 5.75 Å². The lowest BCUT2D eigenvalue weighted by Gasteiger charge is -2.12. The molecule has 3 rings (SSSR count). The summed E-state index contributed by atoms with van der Waals surface area (Å²) in [5.74, 6) is -0.195. The Kier molecular flexibility index (Phi) is 3.89. The molecule has 116 valence electrons. The van der Waals surface area contributed by atoms with Gasteiger partial charge in [-0.2, -0.15) is 0 Å². The minimum Gasteiger partial charge on any atom is -0.497 e. The van der Waals surface area contributed by atoms with Gasteiger partial charge in [0.25, 0.3) is 0 Å². The molecule has 0 amide bonds. The average Bonchev–Trinajstić information content (AvgIpc) is 2.93. The lowest BCUT2D eigenvalue weighted by atomic mass is 10.1. The van der Waals surface area contributed by atoms with E-state index in [1.807, 2.05) is 66.1 Å². The van der Waals surface area contributed by atoms with Gasteiger partial charge in [-0.1, -0.05) is 30.3 Å². The van der Waals surface area contributed by atoms with Gasteiger partial charge in [0, 0.05) is 16.9 Å². The molecule has 2 aromatic carbocycles. The quantitative estimate of drug-likeness (QED) is 0.787. The molecule has 0 aliphatic heterocycles. The van der Waals surface area contributed by atoms with Crippen molar-refractivity contribution in [1.82, 2.24) is 4.57 Å². The number of aromatic carboxylic acids is 1. The molecule has 1 N–H and O–H groups in total. The van der Waals surface area contributed by atoms with Crippen molar-refractivity contribution in [1.29, 1.82) is 0 Å². The van der Waals surface area contributed by atoms with E-state index in [1.54, 1.807) is 13.2 Å². The first-order chi connectivity index (χ1) is 11.1. The first-order valence-electron chi connectivity index (χ1n) is 7.27. The van der Waals surface area contributed by atoms with Crippen molar-refractivity contribution in [3.05, 3.63) is 71.9 Å². The fourth-order valence-corrected chi connectivity index (χ4v) is 2.73. The van der Waals surface area contributed by atoms with Crippen molar-refractivity contribution in [3.63, 3.8) is 0 Å². The van der Waals surface area contributed by atoms with Crippen LogP contribution < -0.4 is 4.74 Å². The molecule has 0 unspecified atom stereocenters.